The SMILES string of the molecule is CNC(=O)C(C)NC(=O)N1CCCC(C(=O)O)C1. The molecule has 3 amide bonds. The number of nitrogens with one attached hydrogen (secondary N) is 2. The second kappa shape index (κ2) is 6.23. The maximum absolute atomic E-state index is 11.8. The maximum atomic E-state index is 11.8. The summed E-state index contributed by atoms with van der Waals surface area (Å²) in [7, 11) is 1.49. The zero-order valence-corrected chi connectivity index (χ0v) is 10.6. The molecule has 1 aliphatic heterocycles. The van der Waals surface area contributed by atoms with Crippen molar-refractivity contribution >= 4 is 17.9 Å². The lowest BCUT2D eigenvalue weighted by atomic mass is 9.99. The Kier molecular flexibility index (Phi) is 4.94. The number of hydrogen-bond acceptors (Lipinski definition) is 3. The molecule has 1 heterocycles. The molecule has 1 fully saturated rings. The van der Waals surface area contributed by atoms with Gasteiger partial charge in [-0.1, -0.05) is 0 Å². The molecule has 0 aromatic heterocycles. The summed E-state index contributed by atoms with van der Waals surface area (Å²) >= 11 is 0. The average Bonchev–Trinajstić information content (AvgIpc) is 2.37. The van der Waals surface area contributed by atoms with Crippen LogP contribution in [0.1, 0.15) is 19.8 Å². The quantitative estimate of drug-likeness (QED) is 0.642. The molecule has 3 N–H and O–H groups in total. The zero-order chi connectivity index (χ0) is 13.7. The summed E-state index contributed by atoms with van der Waals surface area (Å²) in [5, 5.41) is 13.9. The van der Waals surface area contributed by atoms with Crippen molar-refractivity contribution in [1.29, 1.82) is 0 Å². The first-order valence-corrected chi connectivity index (χ1v) is 5.95. The van der Waals surface area contributed by atoms with Gasteiger partial charge in [0, 0.05) is 20.1 Å². The largest absolute Gasteiger partial charge is 0.481 e. The van der Waals surface area contributed by atoms with Crippen LogP contribution in [0.25, 0.3) is 0 Å². The normalized spacial score (nSPS) is 21.0. The van der Waals surface area contributed by atoms with Gasteiger partial charge in [0.2, 0.25) is 5.91 Å². The van der Waals surface area contributed by atoms with E-state index in [-0.39, 0.29) is 12.5 Å². The van der Waals surface area contributed by atoms with Crippen molar-refractivity contribution in [3.8, 4) is 0 Å². The average molecular weight is 257 g/mol. The van der Waals surface area contributed by atoms with Crippen molar-refractivity contribution in [2.24, 2.45) is 5.92 Å². The Morgan fingerprint density at radius 1 is 1.39 bits per heavy atom. The second-order valence-electron chi connectivity index (χ2n) is 4.41. The van der Waals surface area contributed by atoms with Crippen molar-refractivity contribution in [3.05, 3.63) is 0 Å². The molecule has 0 spiro atoms. The predicted molar refractivity (Wildman–Crippen MR) is 64.0 cm³/mol. The first-order chi connectivity index (χ1) is 8.45. The highest BCUT2D eigenvalue weighted by atomic mass is 16.4. The fourth-order valence-electron chi connectivity index (χ4n) is 1.92. The van der Waals surface area contributed by atoms with Gasteiger partial charge in [0.15, 0.2) is 0 Å². The molecule has 18 heavy (non-hydrogen) atoms. The number of rotatable bonds is 3. The van der Waals surface area contributed by atoms with Gasteiger partial charge in [-0.15, -0.1) is 0 Å². The van der Waals surface area contributed by atoms with Gasteiger partial charge in [-0.2, -0.15) is 0 Å². The number of aliphatic carboxylic acids is 1. The molecular formula is C11H19N3O4. The molecule has 0 aliphatic carbocycles. The first-order valence-electron chi connectivity index (χ1n) is 5.95. The Bertz CT molecular complexity index is 345. The fraction of sp³-hybridized carbons (Fsp3) is 0.727. The second-order valence-corrected chi connectivity index (χ2v) is 4.41. The van der Waals surface area contributed by atoms with Crippen LogP contribution >= 0.6 is 0 Å². The summed E-state index contributed by atoms with van der Waals surface area (Å²) < 4.78 is 0. The summed E-state index contributed by atoms with van der Waals surface area (Å²) in [6.45, 7) is 2.30. The maximum Gasteiger partial charge on any atom is 0.318 e. The van der Waals surface area contributed by atoms with Gasteiger partial charge in [0.05, 0.1) is 5.92 Å². The van der Waals surface area contributed by atoms with Crippen LogP contribution in [0.15, 0.2) is 0 Å². The number of amides is 3. The highest BCUT2D eigenvalue weighted by molar-refractivity contribution is 5.86. The van der Waals surface area contributed by atoms with E-state index in [1.807, 2.05) is 0 Å². The number of nitrogens with zero attached hydrogens (tertiary/aromatic N) is 1. The van der Waals surface area contributed by atoms with E-state index in [2.05, 4.69) is 10.6 Å². The van der Waals surface area contributed by atoms with Gasteiger partial charge in [0.25, 0.3) is 0 Å². The molecule has 7 heteroatoms. The van der Waals surface area contributed by atoms with Crippen LogP contribution in [-0.2, 0) is 9.59 Å². The molecule has 0 radical (unpaired) electrons. The minimum atomic E-state index is -0.883. The van der Waals surface area contributed by atoms with Crippen molar-refractivity contribution < 1.29 is 19.5 Å². The minimum absolute atomic E-state index is 0.196. The highest BCUT2D eigenvalue weighted by Crippen LogP contribution is 2.16. The third-order valence-electron chi connectivity index (χ3n) is 3.04. The number of carboxylic acids is 1. The molecule has 2 unspecified atom stereocenters. The summed E-state index contributed by atoms with van der Waals surface area (Å²) in [6.07, 6.45) is 1.25. The van der Waals surface area contributed by atoms with Gasteiger partial charge >= 0.3 is 12.0 Å². The number of carboxylic acid groups (broad SMARTS) is 1. The fourth-order valence-corrected chi connectivity index (χ4v) is 1.92. The number of carbonyl (C=O) groups excluding carboxylic acids is 2. The summed E-state index contributed by atoms with van der Waals surface area (Å²) in [5.41, 5.74) is 0. The molecular weight excluding hydrogens is 238 g/mol. The molecule has 0 saturated carbocycles. The lowest BCUT2D eigenvalue weighted by Crippen LogP contribution is -2.52. The van der Waals surface area contributed by atoms with Crippen molar-refractivity contribution in [3.63, 3.8) is 0 Å². The molecule has 1 saturated heterocycles. The standard InChI is InChI=1S/C11H19N3O4/c1-7(9(15)12-2)13-11(18)14-5-3-4-8(6-14)10(16)17/h7-8H,3-6H2,1-2H3,(H,12,15)(H,13,18)(H,16,17). The van der Waals surface area contributed by atoms with Gasteiger partial charge < -0.3 is 20.6 Å². The van der Waals surface area contributed by atoms with Gasteiger partial charge in [-0.25, -0.2) is 4.79 Å². The van der Waals surface area contributed by atoms with Gasteiger partial charge in [-0.05, 0) is 19.8 Å². The molecule has 0 aromatic carbocycles. The van der Waals surface area contributed by atoms with Crippen LogP contribution in [0.3, 0.4) is 0 Å². The van der Waals surface area contributed by atoms with Crippen molar-refractivity contribution in [1.82, 2.24) is 15.5 Å². The van der Waals surface area contributed by atoms with Crippen LogP contribution in [0, 0.1) is 5.92 Å². The number of piperidine rings is 1. The van der Waals surface area contributed by atoms with Gasteiger partial charge in [-0.3, -0.25) is 9.59 Å². The van der Waals surface area contributed by atoms with E-state index >= 15 is 0 Å². The molecule has 1 rings (SSSR count). The lowest BCUT2D eigenvalue weighted by molar-refractivity contribution is -0.143. The lowest BCUT2D eigenvalue weighted by Gasteiger charge is -2.31. The highest BCUT2D eigenvalue weighted by Gasteiger charge is 2.29. The number of carbonyl (C=O) groups is 3. The van der Waals surface area contributed by atoms with E-state index < -0.39 is 24.0 Å². The van der Waals surface area contributed by atoms with Crippen LogP contribution in [0.5, 0.6) is 0 Å². The first kappa shape index (κ1) is 14.3. The van der Waals surface area contributed by atoms with Crippen LogP contribution in [0.2, 0.25) is 0 Å². The van der Waals surface area contributed by atoms with Crippen LogP contribution < -0.4 is 10.6 Å². The zero-order valence-electron chi connectivity index (χ0n) is 10.6. The summed E-state index contributed by atoms with van der Waals surface area (Å²) in [6, 6.07) is -1.02. The monoisotopic (exact) mass is 257 g/mol. The third kappa shape index (κ3) is 3.61. The molecule has 7 nitrogen and oxygen atoms in total. The molecule has 0 aromatic rings. The summed E-state index contributed by atoms with van der Waals surface area (Å²) in [4.78, 5) is 35.4. The van der Waals surface area contributed by atoms with E-state index in [9.17, 15) is 14.4 Å². The number of likely N-dealkylation sites (tertiary alicyclic amines) is 1. The Labute approximate surface area is 106 Å². The van der Waals surface area contributed by atoms with Crippen LogP contribution in [0.4, 0.5) is 4.79 Å². The smallest absolute Gasteiger partial charge is 0.318 e. The van der Waals surface area contributed by atoms with E-state index in [0.717, 1.165) is 0 Å². The summed E-state index contributed by atoms with van der Waals surface area (Å²) in [5.74, 6) is -1.68. The van der Waals surface area contributed by atoms with Crippen LogP contribution in [-0.4, -0.2) is 54.1 Å². The Balaban J connectivity index is 2.51. The molecule has 0 bridgehead atoms. The number of hydrogen-bond donors (Lipinski definition) is 3. The molecule has 102 valence electrons. The Morgan fingerprint density at radius 2 is 2.06 bits per heavy atom. The van der Waals surface area contributed by atoms with Crippen molar-refractivity contribution in [2.45, 2.75) is 25.8 Å². The number of likely N-dealkylation sites (N-methyl/N-ethyl adjacent to an activating group) is 1. The van der Waals surface area contributed by atoms with E-state index in [4.69, 9.17) is 5.11 Å². The van der Waals surface area contributed by atoms with E-state index in [0.29, 0.717) is 19.4 Å². The number of urea groups is 1. The Hall–Kier alpha value is -1.79. The topological polar surface area (TPSA) is 98.7 Å². The molecule has 2 atom stereocenters. The minimum Gasteiger partial charge on any atom is -0.481 e. The molecule has 1 aliphatic rings. The predicted octanol–water partition coefficient (Wildman–Crippen LogP) is -0.373. The van der Waals surface area contributed by atoms with Crippen molar-refractivity contribution in [2.75, 3.05) is 20.1 Å². The van der Waals surface area contributed by atoms with Gasteiger partial charge in [0.1, 0.15) is 6.04 Å². The van der Waals surface area contributed by atoms with E-state index in [1.54, 1.807) is 6.92 Å². The Morgan fingerprint density at radius 3 is 2.61 bits per heavy atom. The third-order valence-corrected chi connectivity index (χ3v) is 3.04. The van der Waals surface area contributed by atoms with E-state index in [1.165, 1.54) is 11.9 Å².